The van der Waals surface area contributed by atoms with Crippen molar-refractivity contribution in [3.05, 3.63) is 30.0 Å². The van der Waals surface area contributed by atoms with E-state index in [9.17, 15) is 10.1 Å². The minimum absolute atomic E-state index is 0.0772. The second-order valence-corrected chi connectivity index (χ2v) is 8.52. The van der Waals surface area contributed by atoms with Crippen LogP contribution in [0.2, 0.25) is 0 Å². The minimum Gasteiger partial charge on any atom is -0.494 e. The van der Waals surface area contributed by atoms with Crippen LogP contribution in [-0.2, 0) is 9.53 Å². The van der Waals surface area contributed by atoms with Crippen molar-refractivity contribution < 1.29 is 14.3 Å². The Morgan fingerprint density at radius 2 is 2.12 bits per heavy atom. The summed E-state index contributed by atoms with van der Waals surface area (Å²) in [5, 5.41) is 17.0. The number of anilines is 4. The van der Waals surface area contributed by atoms with Gasteiger partial charge in [-0.25, -0.2) is 0 Å². The third-order valence-corrected chi connectivity index (χ3v) is 6.33. The van der Waals surface area contributed by atoms with Gasteiger partial charge in [0.05, 0.1) is 30.4 Å². The van der Waals surface area contributed by atoms with Crippen molar-refractivity contribution in [1.82, 2.24) is 15.0 Å². The Morgan fingerprint density at radius 1 is 1.26 bits per heavy atom. The van der Waals surface area contributed by atoms with Crippen LogP contribution in [0.15, 0.2) is 24.4 Å². The minimum atomic E-state index is -0.0822. The van der Waals surface area contributed by atoms with Crippen LogP contribution in [0.4, 0.5) is 23.1 Å². The van der Waals surface area contributed by atoms with Crippen LogP contribution in [0.3, 0.4) is 0 Å². The number of hydrogen-bond donors (Lipinski definition) is 3. The Hall–Kier alpha value is -3.84. The normalized spacial score (nSPS) is 16.9. The van der Waals surface area contributed by atoms with Crippen molar-refractivity contribution in [2.45, 2.75) is 38.1 Å². The highest BCUT2D eigenvalue weighted by Gasteiger charge is 2.22. The molecule has 1 aromatic carbocycles. The lowest BCUT2D eigenvalue weighted by atomic mass is 9.95. The number of hydrogen-bond acceptors (Lipinski definition) is 8. The summed E-state index contributed by atoms with van der Waals surface area (Å²) in [6, 6.07) is 8.06. The first kappa shape index (κ1) is 22.0. The maximum atomic E-state index is 12.2. The molecule has 0 spiro atoms. The molecular weight excluding hydrogens is 434 g/mol. The summed E-state index contributed by atoms with van der Waals surface area (Å²) in [6.07, 6.45) is 7.44. The molecule has 5 rings (SSSR count). The smallest absolute Gasteiger partial charge is 0.253 e. The van der Waals surface area contributed by atoms with Gasteiger partial charge in [-0.2, -0.15) is 15.2 Å². The molecule has 3 heterocycles. The van der Waals surface area contributed by atoms with Gasteiger partial charge < -0.3 is 30.0 Å². The molecule has 0 bridgehead atoms. The number of nitriles is 1. The molecule has 1 amide bonds. The van der Waals surface area contributed by atoms with Crippen molar-refractivity contribution >= 4 is 40.1 Å². The van der Waals surface area contributed by atoms with Gasteiger partial charge in [-0.15, -0.1) is 0 Å². The summed E-state index contributed by atoms with van der Waals surface area (Å²) in [5.74, 6) is 1.50. The van der Waals surface area contributed by atoms with E-state index in [2.05, 4.69) is 26.7 Å². The average Bonchev–Trinajstić information content (AvgIpc) is 3.29. The van der Waals surface area contributed by atoms with E-state index in [-0.39, 0.29) is 12.5 Å². The van der Waals surface area contributed by atoms with Gasteiger partial charge in [0, 0.05) is 30.5 Å². The lowest BCUT2D eigenvalue weighted by Gasteiger charge is -2.27. The van der Waals surface area contributed by atoms with E-state index in [0.29, 0.717) is 59.0 Å². The van der Waals surface area contributed by atoms with E-state index < -0.39 is 0 Å². The fourth-order valence-electron chi connectivity index (χ4n) is 4.58. The Balaban J connectivity index is 1.46. The molecule has 0 atom stereocenters. The van der Waals surface area contributed by atoms with Crippen LogP contribution < -0.4 is 20.3 Å². The molecule has 1 saturated carbocycles. The van der Waals surface area contributed by atoms with Crippen LogP contribution in [0, 0.1) is 11.3 Å². The highest BCUT2D eigenvalue weighted by Crippen LogP contribution is 2.34. The molecule has 34 heavy (non-hydrogen) atoms. The zero-order valence-electron chi connectivity index (χ0n) is 19.1. The molecule has 3 aromatic rings. The molecule has 1 aliphatic carbocycles. The van der Waals surface area contributed by atoms with Crippen molar-refractivity contribution in [1.29, 1.82) is 5.26 Å². The molecule has 10 heteroatoms. The number of nitrogens with zero attached hydrogens (tertiary/aromatic N) is 4. The third kappa shape index (κ3) is 4.34. The van der Waals surface area contributed by atoms with Gasteiger partial charge in [0.15, 0.2) is 0 Å². The maximum absolute atomic E-state index is 12.2. The van der Waals surface area contributed by atoms with E-state index in [1.165, 1.54) is 19.3 Å². The lowest BCUT2D eigenvalue weighted by Crippen LogP contribution is -2.41. The molecule has 2 aliphatic rings. The number of rotatable bonds is 6. The van der Waals surface area contributed by atoms with E-state index in [4.69, 9.17) is 14.5 Å². The number of carbonyl (C=O) groups is 1. The van der Waals surface area contributed by atoms with Gasteiger partial charge in [0.25, 0.3) is 5.91 Å². The van der Waals surface area contributed by atoms with Gasteiger partial charge in [-0.05, 0) is 25.0 Å². The number of carbonyl (C=O) groups excluding carboxylic acids is 1. The summed E-state index contributed by atoms with van der Waals surface area (Å²) in [6.45, 7) is 1.08. The third-order valence-electron chi connectivity index (χ3n) is 6.33. The van der Waals surface area contributed by atoms with Crippen LogP contribution in [0.5, 0.6) is 5.75 Å². The van der Waals surface area contributed by atoms with Gasteiger partial charge in [-0.3, -0.25) is 4.79 Å². The monoisotopic (exact) mass is 461 g/mol. The molecule has 176 valence electrons. The van der Waals surface area contributed by atoms with E-state index in [1.807, 2.05) is 18.2 Å². The molecule has 10 nitrogen and oxygen atoms in total. The fourth-order valence-corrected chi connectivity index (χ4v) is 4.58. The number of benzene rings is 1. The van der Waals surface area contributed by atoms with E-state index in [0.717, 1.165) is 18.5 Å². The first-order chi connectivity index (χ1) is 16.7. The highest BCUT2D eigenvalue weighted by atomic mass is 16.5. The quantitative estimate of drug-likeness (QED) is 0.507. The largest absolute Gasteiger partial charge is 0.494 e. The van der Waals surface area contributed by atoms with Gasteiger partial charge >= 0.3 is 0 Å². The van der Waals surface area contributed by atoms with Gasteiger partial charge in [0.1, 0.15) is 29.9 Å². The molecular formula is C24H27N7O3. The molecule has 0 unspecified atom stereocenters. The number of ether oxygens (including phenoxy) is 2. The molecule has 2 aromatic heterocycles. The number of methoxy groups -OCH3 is 1. The van der Waals surface area contributed by atoms with Crippen molar-refractivity contribution in [3.63, 3.8) is 0 Å². The number of morpholine rings is 1. The average molecular weight is 462 g/mol. The number of aromatic amines is 1. The molecule has 3 N–H and O–H groups in total. The second kappa shape index (κ2) is 9.57. The first-order valence-corrected chi connectivity index (χ1v) is 11.5. The predicted molar refractivity (Wildman–Crippen MR) is 129 cm³/mol. The Labute approximate surface area is 197 Å². The molecule has 0 radical (unpaired) electrons. The van der Waals surface area contributed by atoms with Crippen LogP contribution in [-0.4, -0.2) is 53.8 Å². The summed E-state index contributed by atoms with van der Waals surface area (Å²) >= 11 is 0. The summed E-state index contributed by atoms with van der Waals surface area (Å²) in [4.78, 5) is 26.3. The van der Waals surface area contributed by atoms with Crippen LogP contribution in [0.1, 0.15) is 37.7 Å². The number of aromatic nitrogens is 3. The number of H-pyrrole nitrogens is 1. The fraction of sp³-hybridized carbons (Fsp3) is 0.417. The zero-order valence-corrected chi connectivity index (χ0v) is 19.1. The van der Waals surface area contributed by atoms with Gasteiger partial charge in [-0.1, -0.05) is 19.3 Å². The molecule has 1 aliphatic heterocycles. The number of fused-ring (bicyclic) bond motifs is 1. The van der Waals surface area contributed by atoms with Gasteiger partial charge in [0.2, 0.25) is 5.95 Å². The van der Waals surface area contributed by atoms with Crippen molar-refractivity contribution in [3.8, 4) is 11.8 Å². The predicted octanol–water partition coefficient (Wildman–Crippen LogP) is 3.69. The topological polar surface area (TPSA) is 128 Å². The SMILES string of the molecule is COc1cc(N2CCOCC2=O)ccc1Nc1nc(NC2CCCCC2)c2c(C#N)c[nH]c2n1. The molecule has 1 saturated heterocycles. The number of amides is 1. The number of nitrogens with one attached hydrogen (secondary N) is 3. The summed E-state index contributed by atoms with van der Waals surface area (Å²) < 4.78 is 10.8. The zero-order chi connectivity index (χ0) is 23.5. The molecule has 2 fully saturated rings. The van der Waals surface area contributed by atoms with Crippen LogP contribution >= 0.6 is 0 Å². The maximum Gasteiger partial charge on any atom is 0.253 e. The van der Waals surface area contributed by atoms with Crippen LogP contribution in [0.25, 0.3) is 11.0 Å². The van der Waals surface area contributed by atoms with Crippen molar-refractivity contribution in [2.24, 2.45) is 0 Å². The first-order valence-electron chi connectivity index (χ1n) is 11.5. The second-order valence-electron chi connectivity index (χ2n) is 8.52. The summed E-state index contributed by atoms with van der Waals surface area (Å²) in [5.41, 5.74) is 2.51. The lowest BCUT2D eigenvalue weighted by molar-refractivity contribution is -0.125. The summed E-state index contributed by atoms with van der Waals surface area (Å²) in [7, 11) is 1.58. The van der Waals surface area contributed by atoms with E-state index in [1.54, 1.807) is 18.2 Å². The Kier molecular flexibility index (Phi) is 6.18. The standard InChI is InChI=1S/C24H27N7O3/c1-33-19-11-17(31-9-10-34-14-20(31)32)7-8-18(19)28-24-29-22-21(15(12-25)13-26-22)23(30-24)27-16-5-3-2-4-6-16/h7-8,11,13,16H,2-6,9-10,14H2,1H3,(H3,26,27,28,29,30). The Bertz CT molecular complexity index is 1240. The Morgan fingerprint density at radius 3 is 2.88 bits per heavy atom. The highest BCUT2D eigenvalue weighted by molar-refractivity contribution is 5.96. The van der Waals surface area contributed by atoms with Crippen molar-refractivity contribution in [2.75, 3.05) is 42.4 Å². The van der Waals surface area contributed by atoms with E-state index >= 15 is 0 Å².